The summed E-state index contributed by atoms with van der Waals surface area (Å²) >= 11 is 0. The summed E-state index contributed by atoms with van der Waals surface area (Å²) < 4.78 is 0. The Morgan fingerprint density at radius 1 is 1.22 bits per heavy atom. The molecule has 0 aliphatic rings. The molecular weight excluding hydrogens is 234 g/mol. The lowest BCUT2D eigenvalue weighted by atomic mass is 9.95. The van der Waals surface area contributed by atoms with Crippen molar-refractivity contribution in [3.8, 4) is 0 Å². The predicted molar refractivity (Wildman–Crippen MR) is 70.0 cm³/mol. The summed E-state index contributed by atoms with van der Waals surface area (Å²) in [5.74, 6) is -0.737. The van der Waals surface area contributed by atoms with Crippen molar-refractivity contribution in [1.29, 1.82) is 0 Å². The van der Waals surface area contributed by atoms with Crippen LogP contribution < -0.4 is 27.8 Å². The van der Waals surface area contributed by atoms with Crippen LogP contribution in [0.5, 0.6) is 0 Å². The maximum absolute atomic E-state index is 11.7. The Morgan fingerprint density at radius 2 is 1.78 bits per heavy atom. The third-order valence-electron chi connectivity index (χ3n) is 2.38. The molecule has 7 heteroatoms. The van der Waals surface area contributed by atoms with Gasteiger partial charge in [0.05, 0.1) is 0 Å². The number of carbonyl (C=O) groups excluding carboxylic acids is 2. The number of primary amides is 1. The Labute approximate surface area is 108 Å². The minimum absolute atomic E-state index is 0.199. The number of rotatable bonds is 7. The number of nitrogens with two attached hydrogens (primary N) is 3. The fourth-order valence-electron chi connectivity index (χ4n) is 1.24. The Hall–Kier alpha value is -1.18. The standard InChI is InChI=1S/C11H25N5O2/c1-11(2,3)9(18)16-7(8(12)17)5-4-6-15-10(13)14/h7,10,15H,4-6,13-14H2,1-3H3,(H2,12,17)(H,16,18)/t7-/m0/s1. The average molecular weight is 259 g/mol. The van der Waals surface area contributed by atoms with Crippen LogP contribution in [0, 0.1) is 5.41 Å². The zero-order valence-corrected chi connectivity index (χ0v) is 11.3. The number of amides is 2. The second-order valence-corrected chi connectivity index (χ2v) is 5.30. The zero-order valence-electron chi connectivity index (χ0n) is 11.3. The monoisotopic (exact) mass is 259 g/mol. The highest BCUT2D eigenvalue weighted by Crippen LogP contribution is 2.13. The highest BCUT2D eigenvalue weighted by atomic mass is 16.2. The molecule has 0 rings (SSSR count). The van der Waals surface area contributed by atoms with E-state index < -0.39 is 23.7 Å². The summed E-state index contributed by atoms with van der Waals surface area (Å²) in [6.45, 7) is 5.88. The van der Waals surface area contributed by atoms with Crippen LogP contribution in [-0.2, 0) is 9.59 Å². The molecule has 0 saturated heterocycles. The first-order valence-electron chi connectivity index (χ1n) is 5.99. The van der Waals surface area contributed by atoms with E-state index in [1.165, 1.54) is 0 Å². The van der Waals surface area contributed by atoms with E-state index in [0.717, 1.165) is 0 Å². The van der Waals surface area contributed by atoms with Gasteiger partial charge in [-0.3, -0.25) is 14.9 Å². The van der Waals surface area contributed by atoms with E-state index >= 15 is 0 Å². The van der Waals surface area contributed by atoms with Gasteiger partial charge in [0.2, 0.25) is 11.8 Å². The SMILES string of the molecule is CC(C)(C)C(=O)N[C@@H](CCCNC(N)N)C(N)=O. The van der Waals surface area contributed by atoms with Gasteiger partial charge in [0, 0.05) is 5.41 Å². The molecule has 0 aromatic rings. The van der Waals surface area contributed by atoms with E-state index in [4.69, 9.17) is 17.2 Å². The van der Waals surface area contributed by atoms with Crippen molar-refractivity contribution < 1.29 is 9.59 Å². The van der Waals surface area contributed by atoms with Crippen molar-refractivity contribution >= 4 is 11.8 Å². The van der Waals surface area contributed by atoms with E-state index in [0.29, 0.717) is 19.4 Å². The van der Waals surface area contributed by atoms with Gasteiger partial charge in [0.1, 0.15) is 12.3 Å². The Morgan fingerprint density at radius 3 is 2.17 bits per heavy atom. The largest absolute Gasteiger partial charge is 0.368 e. The van der Waals surface area contributed by atoms with Crippen molar-refractivity contribution in [2.75, 3.05) is 6.54 Å². The molecule has 2 amide bonds. The quantitative estimate of drug-likeness (QED) is 0.282. The normalized spacial score (nSPS) is 13.4. The molecule has 0 fully saturated rings. The van der Waals surface area contributed by atoms with Gasteiger partial charge in [-0.05, 0) is 19.4 Å². The van der Waals surface area contributed by atoms with Crippen LogP contribution in [0.1, 0.15) is 33.6 Å². The van der Waals surface area contributed by atoms with Gasteiger partial charge in [-0.15, -0.1) is 0 Å². The second kappa shape index (κ2) is 7.30. The van der Waals surface area contributed by atoms with E-state index in [1.807, 2.05) is 0 Å². The lowest BCUT2D eigenvalue weighted by Gasteiger charge is -2.22. The first-order valence-corrected chi connectivity index (χ1v) is 5.99. The van der Waals surface area contributed by atoms with E-state index in [2.05, 4.69) is 10.6 Å². The lowest BCUT2D eigenvalue weighted by Crippen LogP contribution is -2.49. The lowest BCUT2D eigenvalue weighted by molar-refractivity contribution is -0.132. The van der Waals surface area contributed by atoms with Crippen molar-refractivity contribution in [3.05, 3.63) is 0 Å². The fraction of sp³-hybridized carbons (Fsp3) is 0.818. The van der Waals surface area contributed by atoms with Gasteiger partial charge < -0.3 is 22.5 Å². The molecule has 7 nitrogen and oxygen atoms in total. The molecule has 8 N–H and O–H groups in total. The zero-order chi connectivity index (χ0) is 14.3. The van der Waals surface area contributed by atoms with Gasteiger partial charge in [0.15, 0.2) is 0 Å². The van der Waals surface area contributed by atoms with Crippen molar-refractivity contribution in [1.82, 2.24) is 10.6 Å². The van der Waals surface area contributed by atoms with Crippen molar-refractivity contribution in [3.63, 3.8) is 0 Å². The van der Waals surface area contributed by atoms with E-state index in [1.54, 1.807) is 20.8 Å². The molecule has 106 valence electrons. The van der Waals surface area contributed by atoms with Crippen molar-refractivity contribution in [2.45, 2.75) is 45.9 Å². The summed E-state index contributed by atoms with van der Waals surface area (Å²) in [7, 11) is 0. The third kappa shape index (κ3) is 7.21. The van der Waals surface area contributed by atoms with Crippen LogP contribution in [0.15, 0.2) is 0 Å². The van der Waals surface area contributed by atoms with Gasteiger partial charge in [0.25, 0.3) is 0 Å². The third-order valence-corrected chi connectivity index (χ3v) is 2.38. The summed E-state index contributed by atoms with van der Waals surface area (Å²) in [4.78, 5) is 23.0. The van der Waals surface area contributed by atoms with Crippen LogP contribution >= 0.6 is 0 Å². The molecular formula is C11H25N5O2. The molecule has 1 atom stereocenters. The highest BCUT2D eigenvalue weighted by Gasteiger charge is 2.25. The van der Waals surface area contributed by atoms with Gasteiger partial charge >= 0.3 is 0 Å². The molecule has 0 unspecified atom stereocenters. The average Bonchev–Trinajstić information content (AvgIpc) is 2.19. The minimum Gasteiger partial charge on any atom is -0.368 e. The molecule has 18 heavy (non-hydrogen) atoms. The number of hydrogen-bond acceptors (Lipinski definition) is 5. The molecule has 0 spiro atoms. The maximum Gasteiger partial charge on any atom is 0.240 e. The van der Waals surface area contributed by atoms with Crippen LogP contribution in [0.2, 0.25) is 0 Å². The molecule has 0 aliphatic heterocycles. The van der Waals surface area contributed by atoms with Crippen molar-refractivity contribution in [2.24, 2.45) is 22.6 Å². The molecule has 0 radical (unpaired) electrons. The van der Waals surface area contributed by atoms with Gasteiger partial charge in [-0.1, -0.05) is 20.8 Å². The van der Waals surface area contributed by atoms with Crippen LogP contribution in [0.3, 0.4) is 0 Å². The second-order valence-electron chi connectivity index (χ2n) is 5.30. The molecule has 0 aromatic heterocycles. The molecule has 0 bridgehead atoms. The number of hydrogen-bond donors (Lipinski definition) is 5. The molecule has 0 aliphatic carbocycles. The first kappa shape index (κ1) is 16.8. The predicted octanol–water partition coefficient (Wildman–Crippen LogP) is -1.43. The fourth-order valence-corrected chi connectivity index (χ4v) is 1.24. The van der Waals surface area contributed by atoms with Crippen LogP contribution in [0.4, 0.5) is 0 Å². The summed E-state index contributed by atoms with van der Waals surface area (Å²) in [5.41, 5.74) is 15.3. The smallest absolute Gasteiger partial charge is 0.240 e. The molecule has 0 heterocycles. The minimum atomic E-state index is -0.660. The van der Waals surface area contributed by atoms with E-state index in [9.17, 15) is 9.59 Å². The highest BCUT2D eigenvalue weighted by molar-refractivity contribution is 5.88. The van der Waals surface area contributed by atoms with Gasteiger partial charge in [-0.25, -0.2) is 0 Å². The van der Waals surface area contributed by atoms with Crippen LogP contribution in [-0.4, -0.2) is 30.7 Å². The number of carbonyl (C=O) groups is 2. The summed E-state index contributed by atoms with van der Waals surface area (Å²) in [6.07, 6.45) is 0.515. The summed E-state index contributed by atoms with van der Waals surface area (Å²) in [6, 6.07) is -0.660. The number of nitrogens with one attached hydrogen (secondary N) is 2. The molecule has 0 saturated carbocycles. The maximum atomic E-state index is 11.7. The van der Waals surface area contributed by atoms with E-state index in [-0.39, 0.29) is 5.91 Å². The first-order chi connectivity index (χ1) is 8.14. The Balaban J connectivity index is 4.17. The Bertz CT molecular complexity index is 286. The molecule has 0 aromatic carbocycles. The topological polar surface area (TPSA) is 136 Å². The summed E-state index contributed by atoms with van der Waals surface area (Å²) in [5, 5.41) is 5.45. The van der Waals surface area contributed by atoms with Crippen LogP contribution in [0.25, 0.3) is 0 Å². The Kier molecular flexibility index (Phi) is 6.82. The van der Waals surface area contributed by atoms with Gasteiger partial charge in [-0.2, -0.15) is 0 Å².